The minimum Gasteiger partial charge on any atom is -0.324 e. The summed E-state index contributed by atoms with van der Waals surface area (Å²) in [7, 11) is 0. The molecule has 0 aromatic heterocycles. The molecule has 0 spiro atoms. The van der Waals surface area contributed by atoms with E-state index in [2.05, 4.69) is 10.6 Å². The Morgan fingerprint density at radius 3 is 2.37 bits per heavy atom. The van der Waals surface area contributed by atoms with E-state index < -0.39 is 0 Å². The summed E-state index contributed by atoms with van der Waals surface area (Å²) in [5.41, 5.74) is 0.636. The van der Waals surface area contributed by atoms with Crippen LogP contribution in [-0.2, 0) is 0 Å². The third-order valence-corrected chi connectivity index (χ3v) is 3.77. The number of urea groups is 1. The van der Waals surface area contributed by atoms with Gasteiger partial charge in [0.25, 0.3) is 0 Å². The predicted molar refractivity (Wildman–Crippen MR) is 74.1 cm³/mol. The molecular weight excluding hydrogens is 269 g/mol. The average molecular weight is 286 g/mol. The zero-order valence-electron chi connectivity index (χ0n) is 10.4. The first-order valence-corrected chi connectivity index (χ1v) is 6.24. The molecule has 0 bridgehead atoms. The van der Waals surface area contributed by atoms with E-state index in [-0.39, 0.29) is 24.3 Å². The fraction of sp³-hybridized carbons (Fsp3) is 0.462. The third kappa shape index (κ3) is 2.98. The summed E-state index contributed by atoms with van der Waals surface area (Å²) >= 11 is 0. The number of hydrogen-bond acceptors (Lipinski definition) is 2. The van der Waals surface area contributed by atoms with Gasteiger partial charge in [0, 0.05) is 31.9 Å². The van der Waals surface area contributed by atoms with E-state index >= 15 is 0 Å². The predicted octanol–water partition coefficient (Wildman–Crippen LogP) is 1.93. The first-order chi connectivity index (χ1) is 8.72. The Morgan fingerprint density at radius 1 is 1.21 bits per heavy atom. The standard InChI is InChI=1S/C13H16FN3O.ClH/c14-11-1-3-12(4-2-11)16-13(18)17-7-9-5-15-6-10(9)8-17;/h1-4,9-10,15H,5-8H2,(H,16,18);1H. The summed E-state index contributed by atoms with van der Waals surface area (Å²) in [6, 6.07) is 5.75. The van der Waals surface area contributed by atoms with Gasteiger partial charge in [-0.15, -0.1) is 12.4 Å². The Labute approximate surface area is 117 Å². The van der Waals surface area contributed by atoms with Crippen LogP contribution in [0.3, 0.4) is 0 Å². The van der Waals surface area contributed by atoms with Crippen molar-refractivity contribution in [2.75, 3.05) is 31.5 Å². The maximum Gasteiger partial charge on any atom is 0.321 e. The quantitative estimate of drug-likeness (QED) is 0.828. The van der Waals surface area contributed by atoms with Crippen LogP contribution in [0.4, 0.5) is 14.9 Å². The number of anilines is 1. The molecule has 1 aromatic rings. The normalized spacial score (nSPS) is 24.8. The number of nitrogens with one attached hydrogen (secondary N) is 2. The zero-order valence-corrected chi connectivity index (χ0v) is 11.3. The monoisotopic (exact) mass is 285 g/mol. The highest BCUT2D eigenvalue weighted by molar-refractivity contribution is 5.89. The van der Waals surface area contributed by atoms with Gasteiger partial charge in [0.15, 0.2) is 0 Å². The molecular formula is C13H17ClFN3O. The molecule has 0 radical (unpaired) electrons. The van der Waals surface area contributed by atoms with Gasteiger partial charge < -0.3 is 15.5 Å². The second kappa shape index (κ2) is 5.75. The van der Waals surface area contributed by atoms with Gasteiger partial charge in [-0.1, -0.05) is 0 Å². The largest absolute Gasteiger partial charge is 0.324 e. The van der Waals surface area contributed by atoms with Crippen molar-refractivity contribution in [3.8, 4) is 0 Å². The smallest absolute Gasteiger partial charge is 0.321 e. The highest BCUT2D eigenvalue weighted by atomic mass is 35.5. The van der Waals surface area contributed by atoms with Gasteiger partial charge in [-0.25, -0.2) is 9.18 Å². The van der Waals surface area contributed by atoms with E-state index in [1.807, 2.05) is 4.90 Å². The number of carbonyl (C=O) groups is 1. The van der Waals surface area contributed by atoms with Crippen LogP contribution in [0.1, 0.15) is 0 Å². The molecule has 0 saturated carbocycles. The molecule has 6 heteroatoms. The van der Waals surface area contributed by atoms with Gasteiger partial charge in [-0.05, 0) is 36.1 Å². The van der Waals surface area contributed by atoms with E-state index in [1.165, 1.54) is 12.1 Å². The summed E-state index contributed by atoms with van der Waals surface area (Å²) in [5.74, 6) is 0.878. The Bertz CT molecular complexity index is 442. The van der Waals surface area contributed by atoms with E-state index in [1.54, 1.807) is 12.1 Å². The van der Waals surface area contributed by atoms with Crippen molar-refractivity contribution >= 4 is 24.1 Å². The maximum absolute atomic E-state index is 12.8. The molecule has 4 nitrogen and oxygen atoms in total. The number of carbonyl (C=O) groups excluding carboxylic acids is 1. The molecule has 19 heavy (non-hydrogen) atoms. The van der Waals surface area contributed by atoms with Crippen LogP contribution < -0.4 is 10.6 Å². The first kappa shape index (κ1) is 14.1. The molecule has 2 N–H and O–H groups in total. The number of benzene rings is 1. The molecule has 2 atom stereocenters. The van der Waals surface area contributed by atoms with Crippen molar-refractivity contribution in [3.05, 3.63) is 30.1 Å². The number of amides is 2. The van der Waals surface area contributed by atoms with Crippen LogP contribution in [0.5, 0.6) is 0 Å². The summed E-state index contributed by atoms with van der Waals surface area (Å²) in [6.45, 7) is 3.63. The molecule has 2 saturated heterocycles. The number of nitrogens with zero attached hydrogens (tertiary/aromatic N) is 1. The number of halogens is 2. The lowest BCUT2D eigenvalue weighted by Crippen LogP contribution is -2.35. The number of rotatable bonds is 1. The SMILES string of the molecule is Cl.O=C(Nc1ccc(F)cc1)N1CC2CNCC2C1. The molecule has 2 unspecified atom stereocenters. The van der Waals surface area contributed by atoms with Crippen molar-refractivity contribution < 1.29 is 9.18 Å². The summed E-state index contributed by atoms with van der Waals surface area (Å²) < 4.78 is 12.8. The Balaban J connectivity index is 0.00000133. The van der Waals surface area contributed by atoms with Crippen molar-refractivity contribution in [3.63, 3.8) is 0 Å². The minimum atomic E-state index is -0.297. The van der Waals surface area contributed by atoms with Crippen LogP contribution in [0.2, 0.25) is 0 Å². The van der Waals surface area contributed by atoms with E-state index in [0.29, 0.717) is 17.5 Å². The topological polar surface area (TPSA) is 44.4 Å². The van der Waals surface area contributed by atoms with Crippen molar-refractivity contribution in [1.29, 1.82) is 0 Å². The van der Waals surface area contributed by atoms with Crippen LogP contribution >= 0.6 is 12.4 Å². The minimum absolute atomic E-state index is 0. The summed E-state index contributed by atoms with van der Waals surface area (Å²) in [4.78, 5) is 13.9. The van der Waals surface area contributed by atoms with E-state index in [4.69, 9.17) is 0 Å². The van der Waals surface area contributed by atoms with Gasteiger partial charge in [-0.3, -0.25) is 0 Å². The fourth-order valence-corrected chi connectivity index (χ4v) is 2.76. The van der Waals surface area contributed by atoms with E-state index in [9.17, 15) is 9.18 Å². The highest BCUT2D eigenvalue weighted by Gasteiger charge is 2.37. The molecule has 0 aliphatic carbocycles. The van der Waals surface area contributed by atoms with Gasteiger partial charge in [-0.2, -0.15) is 0 Å². The van der Waals surface area contributed by atoms with Crippen molar-refractivity contribution in [1.82, 2.24) is 10.2 Å². The molecule has 1 aromatic carbocycles. The lowest BCUT2D eigenvalue weighted by atomic mass is 10.0. The van der Waals surface area contributed by atoms with Crippen LogP contribution in [0.15, 0.2) is 24.3 Å². The lowest BCUT2D eigenvalue weighted by Gasteiger charge is -2.18. The highest BCUT2D eigenvalue weighted by Crippen LogP contribution is 2.26. The average Bonchev–Trinajstić information content (AvgIpc) is 2.92. The van der Waals surface area contributed by atoms with Gasteiger partial charge in [0.2, 0.25) is 0 Å². The first-order valence-electron chi connectivity index (χ1n) is 6.24. The second-order valence-electron chi connectivity index (χ2n) is 5.02. The van der Waals surface area contributed by atoms with Crippen molar-refractivity contribution in [2.24, 2.45) is 11.8 Å². The van der Waals surface area contributed by atoms with Gasteiger partial charge in [0.1, 0.15) is 5.82 Å². The fourth-order valence-electron chi connectivity index (χ4n) is 2.76. The molecule has 3 rings (SSSR count). The maximum atomic E-state index is 12.8. The van der Waals surface area contributed by atoms with Crippen LogP contribution in [0.25, 0.3) is 0 Å². The second-order valence-corrected chi connectivity index (χ2v) is 5.02. The zero-order chi connectivity index (χ0) is 12.5. The van der Waals surface area contributed by atoms with Crippen LogP contribution in [-0.4, -0.2) is 37.1 Å². The lowest BCUT2D eigenvalue weighted by molar-refractivity contribution is 0.219. The molecule has 2 aliphatic rings. The summed E-state index contributed by atoms with van der Waals surface area (Å²) in [6.07, 6.45) is 0. The molecule has 2 fully saturated rings. The molecule has 104 valence electrons. The van der Waals surface area contributed by atoms with Gasteiger partial charge >= 0.3 is 6.03 Å². The molecule has 2 amide bonds. The number of fused-ring (bicyclic) bond motifs is 1. The Hall–Kier alpha value is -1.33. The van der Waals surface area contributed by atoms with Gasteiger partial charge in [0.05, 0.1) is 0 Å². The van der Waals surface area contributed by atoms with Crippen molar-refractivity contribution in [2.45, 2.75) is 0 Å². The third-order valence-electron chi connectivity index (χ3n) is 3.77. The Kier molecular flexibility index (Phi) is 4.27. The summed E-state index contributed by atoms with van der Waals surface area (Å²) in [5, 5.41) is 6.14. The Morgan fingerprint density at radius 2 is 1.79 bits per heavy atom. The van der Waals surface area contributed by atoms with Crippen LogP contribution in [0, 0.1) is 17.7 Å². The number of likely N-dealkylation sites (tertiary alicyclic amines) is 1. The molecule has 2 aliphatic heterocycles. The molecule has 2 heterocycles. The van der Waals surface area contributed by atoms with E-state index in [0.717, 1.165) is 26.2 Å². The number of hydrogen-bond donors (Lipinski definition) is 2.